The van der Waals surface area contributed by atoms with Gasteiger partial charge in [-0.1, -0.05) is 47.5 Å². The Bertz CT molecular complexity index is 917. The van der Waals surface area contributed by atoms with Crippen molar-refractivity contribution in [3.8, 4) is 11.5 Å². The molecule has 0 heterocycles. The first-order valence-electron chi connectivity index (χ1n) is 8.29. The third kappa shape index (κ3) is 5.06. The molecular weight excluding hydrogens is 388 g/mol. The normalized spacial score (nSPS) is 10.5. The summed E-state index contributed by atoms with van der Waals surface area (Å²) in [6.45, 7) is 0.765. The second-order valence-electron chi connectivity index (χ2n) is 5.84. The zero-order valence-corrected chi connectivity index (χ0v) is 16.1. The number of rotatable bonds is 7. The molecule has 140 valence electrons. The Hall–Kier alpha value is -2.43. The Kier molecular flexibility index (Phi) is 6.43. The quantitative estimate of drug-likeness (QED) is 0.497. The summed E-state index contributed by atoms with van der Waals surface area (Å²) in [5, 5.41) is 4.44. The van der Waals surface area contributed by atoms with Crippen molar-refractivity contribution in [2.45, 2.75) is 13.2 Å². The number of benzene rings is 3. The molecule has 3 aromatic rings. The lowest BCUT2D eigenvalue weighted by Gasteiger charge is -2.16. The van der Waals surface area contributed by atoms with E-state index in [1.165, 1.54) is 12.1 Å². The maximum atomic E-state index is 13.1. The molecule has 0 aliphatic carbocycles. The molecule has 0 saturated heterocycles. The molecule has 3 nitrogen and oxygen atoms in total. The summed E-state index contributed by atoms with van der Waals surface area (Å²) < 4.78 is 24.5. The third-order valence-corrected chi connectivity index (χ3v) is 4.54. The summed E-state index contributed by atoms with van der Waals surface area (Å²) in [5.74, 6) is 0.961. The first-order chi connectivity index (χ1) is 13.1. The summed E-state index contributed by atoms with van der Waals surface area (Å²) in [4.78, 5) is 0. The van der Waals surface area contributed by atoms with Crippen molar-refractivity contribution in [2.75, 3.05) is 12.4 Å². The highest BCUT2D eigenvalue weighted by atomic mass is 35.5. The zero-order chi connectivity index (χ0) is 19.2. The van der Waals surface area contributed by atoms with Crippen LogP contribution >= 0.6 is 23.2 Å². The molecular formula is C21H18Cl2FNO2. The minimum atomic E-state index is -0.278. The molecule has 0 spiro atoms. The highest BCUT2D eigenvalue weighted by molar-refractivity contribution is 6.35. The van der Waals surface area contributed by atoms with Crippen LogP contribution in [-0.2, 0) is 13.2 Å². The van der Waals surface area contributed by atoms with Gasteiger partial charge in [-0.05, 0) is 42.0 Å². The molecule has 0 amide bonds. The van der Waals surface area contributed by atoms with E-state index in [0.717, 1.165) is 16.8 Å². The second kappa shape index (κ2) is 8.98. The van der Waals surface area contributed by atoms with Crippen molar-refractivity contribution >= 4 is 28.9 Å². The molecule has 0 saturated carbocycles. The Morgan fingerprint density at radius 1 is 1.00 bits per heavy atom. The van der Waals surface area contributed by atoms with Crippen LogP contribution in [0.3, 0.4) is 0 Å². The molecule has 0 unspecified atom stereocenters. The van der Waals surface area contributed by atoms with E-state index in [0.29, 0.717) is 34.7 Å². The maximum absolute atomic E-state index is 13.1. The smallest absolute Gasteiger partial charge is 0.166 e. The van der Waals surface area contributed by atoms with Crippen molar-refractivity contribution in [1.82, 2.24) is 0 Å². The largest absolute Gasteiger partial charge is 0.493 e. The summed E-state index contributed by atoms with van der Waals surface area (Å²) in [6, 6.07) is 17.1. The van der Waals surface area contributed by atoms with Crippen molar-refractivity contribution in [2.24, 2.45) is 0 Å². The maximum Gasteiger partial charge on any atom is 0.166 e. The van der Waals surface area contributed by atoms with E-state index >= 15 is 0 Å². The van der Waals surface area contributed by atoms with Gasteiger partial charge in [0.1, 0.15) is 12.4 Å². The Labute approximate surface area is 167 Å². The van der Waals surface area contributed by atoms with E-state index in [1.54, 1.807) is 37.4 Å². The Morgan fingerprint density at radius 2 is 1.78 bits per heavy atom. The van der Waals surface area contributed by atoms with E-state index in [4.69, 9.17) is 32.7 Å². The van der Waals surface area contributed by atoms with Crippen LogP contribution in [0.4, 0.5) is 10.1 Å². The SMILES string of the molecule is COc1cccc(CNc2cc(Cl)ccc2Cl)c1OCc1ccc(F)cc1. The van der Waals surface area contributed by atoms with Crippen LogP contribution in [0.15, 0.2) is 60.7 Å². The number of methoxy groups -OCH3 is 1. The van der Waals surface area contributed by atoms with Gasteiger partial charge < -0.3 is 14.8 Å². The molecule has 0 aromatic heterocycles. The van der Waals surface area contributed by atoms with E-state index in [-0.39, 0.29) is 5.82 Å². The standard InChI is InChI=1S/C21H18Cl2FNO2/c1-26-20-4-2-3-15(12-25-19-11-16(22)7-10-18(19)23)21(20)27-13-14-5-8-17(24)9-6-14/h2-11,25H,12-13H2,1H3. The highest BCUT2D eigenvalue weighted by Gasteiger charge is 2.12. The molecule has 27 heavy (non-hydrogen) atoms. The summed E-state index contributed by atoms with van der Waals surface area (Å²) in [5.41, 5.74) is 2.49. The average Bonchev–Trinajstić information content (AvgIpc) is 2.68. The van der Waals surface area contributed by atoms with Crippen LogP contribution in [0.5, 0.6) is 11.5 Å². The van der Waals surface area contributed by atoms with Crippen molar-refractivity contribution < 1.29 is 13.9 Å². The van der Waals surface area contributed by atoms with Crippen molar-refractivity contribution in [3.05, 3.63) is 87.7 Å². The van der Waals surface area contributed by atoms with Crippen LogP contribution in [0.25, 0.3) is 0 Å². The van der Waals surface area contributed by atoms with E-state index in [2.05, 4.69) is 5.32 Å². The minimum absolute atomic E-state index is 0.278. The number of ether oxygens (including phenoxy) is 2. The topological polar surface area (TPSA) is 30.5 Å². The number of halogens is 3. The summed E-state index contributed by atoms with van der Waals surface area (Å²) in [6.07, 6.45) is 0. The van der Waals surface area contributed by atoms with Gasteiger partial charge >= 0.3 is 0 Å². The molecule has 0 bridgehead atoms. The lowest BCUT2D eigenvalue weighted by molar-refractivity contribution is 0.281. The molecule has 0 atom stereocenters. The molecule has 3 aromatic carbocycles. The predicted octanol–water partition coefficient (Wildman–Crippen LogP) is 6.33. The second-order valence-corrected chi connectivity index (χ2v) is 6.69. The molecule has 0 fully saturated rings. The zero-order valence-electron chi connectivity index (χ0n) is 14.6. The monoisotopic (exact) mass is 405 g/mol. The third-order valence-electron chi connectivity index (χ3n) is 3.97. The molecule has 0 aliphatic rings. The van der Waals surface area contributed by atoms with E-state index in [1.807, 2.05) is 18.2 Å². The number of hydrogen-bond acceptors (Lipinski definition) is 3. The van der Waals surface area contributed by atoms with Crippen molar-refractivity contribution in [3.63, 3.8) is 0 Å². The van der Waals surface area contributed by atoms with Gasteiger partial charge in [0.25, 0.3) is 0 Å². The fourth-order valence-corrected chi connectivity index (χ4v) is 2.94. The lowest BCUT2D eigenvalue weighted by atomic mass is 10.1. The average molecular weight is 406 g/mol. The number of nitrogens with one attached hydrogen (secondary N) is 1. The van der Waals surface area contributed by atoms with Gasteiger partial charge in [-0.25, -0.2) is 4.39 Å². The van der Waals surface area contributed by atoms with Crippen LogP contribution < -0.4 is 14.8 Å². The van der Waals surface area contributed by atoms with E-state index < -0.39 is 0 Å². The number of para-hydroxylation sites is 1. The Morgan fingerprint density at radius 3 is 2.52 bits per heavy atom. The van der Waals surface area contributed by atoms with Crippen LogP contribution in [0.2, 0.25) is 10.0 Å². The number of anilines is 1. The number of hydrogen-bond donors (Lipinski definition) is 1. The first kappa shape index (κ1) is 19.3. The molecule has 3 rings (SSSR count). The van der Waals surface area contributed by atoms with Gasteiger partial charge in [0, 0.05) is 17.1 Å². The van der Waals surface area contributed by atoms with Gasteiger partial charge in [-0.15, -0.1) is 0 Å². The molecule has 6 heteroatoms. The highest BCUT2D eigenvalue weighted by Crippen LogP contribution is 2.33. The minimum Gasteiger partial charge on any atom is -0.493 e. The predicted molar refractivity (Wildman–Crippen MR) is 108 cm³/mol. The van der Waals surface area contributed by atoms with Gasteiger partial charge in [-0.2, -0.15) is 0 Å². The fourth-order valence-electron chi connectivity index (χ4n) is 2.58. The van der Waals surface area contributed by atoms with Crippen molar-refractivity contribution in [1.29, 1.82) is 0 Å². The van der Waals surface area contributed by atoms with Crippen LogP contribution in [0, 0.1) is 5.82 Å². The van der Waals surface area contributed by atoms with Gasteiger partial charge in [0.2, 0.25) is 0 Å². The van der Waals surface area contributed by atoms with Gasteiger partial charge in [0.15, 0.2) is 11.5 Å². The summed E-state index contributed by atoms with van der Waals surface area (Å²) in [7, 11) is 1.59. The van der Waals surface area contributed by atoms with E-state index in [9.17, 15) is 4.39 Å². The van der Waals surface area contributed by atoms with Crippen LogP contribution in [0.1, 0.15) is 11.1 Å². The molecule has 0 aliphatic heterocycles. The van der Waals surface area contributed by atoms with Crippen LogP contribution in [-0.4, -0.2) is 7.11 Å². The fraction of sp³-hybridized carbons (Fsp3) is 0.143. The molecule has 1 N–H and O–H groups in total. The Balaban J connectivity index is 1.78. The summed E-state index contributed by atoms with van der Waals surface area (Å²) >= 11 is 12.2. The van der Waals surface area contributed by atoms with Gasteiger partial charge in [-0.3, -0.25) is 0 Å². The lowest BCUT2D eigenvalue weighted by Crippen LogP contribution is -2.05. The van der Waals surface area contributed by atoms with Gasteiger partial charge in [0.05, 0.1) is 17.8 Å². The molecule has 0 radical (unpaired) electrons. The first-order valence-corrected chi connectivity index (χ1v) is 9.04.